The van der Waals surface area contributed by atoms with Gasteiger partial charge in [-0.3, -0.25) is 4.79 Å². The van der Waals surface area contributed by atoms with Gasteiger partial charge in [0.25, 0.3) is 0 Å². The molecule has 4 heteroatoms. The van der Waals surface area contributed by atoms with Crippen LogP contribution in [0.2, 0.25) is 0 Å². The number of benzene rings is 1. The molecule has 102 valence electrons. The number of nitrogens with zero attached hydrogens (tertiary/aromatic N) is 1. The van der Waals surface area contributed by atoms with E-state index in [1.807, 2.05) is 6.07 Å². The van der Waals surface area contributed by atoms with E-state index in [9.17, 15) is 4.79 Å². The van der Waals surface area contributed by atoms with Crippen LogP contribution in [0.5, 0.6) is 0 Å². The van der Waals surface area contributed by atoms with Crippen molar-refractivity contribution >= 4 is 22.8 Å². The molecule has 1 aromatic rings. The first-order chi connectivity index (χ1) is 9.24. The third-order valence-electron chi connectivity index (χ3n) is 3.49. The number of esters is 1. The second kappa shape index (κ2) is 6.75. The van der Waals surface area contributed by atoms with Crippen LogP contribution in [0, 0.1) is 5.92 Å². The van der Waals surface area contributed by atoms with Crippen LogP contribution < -0.4 is 0 Å². The van der Waals surface area contributed by atoms with E-state index in [2.05, 4.69) is 35.1 Å². The third kappa shape index (κ3) is 3.60. The Bertz CT molecular complexity index is 470. The van der Waals surface area contributed by atoms with Crippen LogP contribution in [-0.4, -0.2) is 35.5 Å². The first-order valence-electron chi connectivity index (χ1n) is 6.51. The first-order valence-corrected chi connectivity index (χ1v) is 7.73. The molecule has 0 aromatic heterocycles. The number of thioether (sulfide) groups is 1. The van der Waals surface area contributed by atoms with Gasteiger partial charge < -0.3 is 4.74 Å². The van der Waals surface area contributed by atoms with Crippen LogP contribution in [0.15, 0.2) is 30.3 Å². The van der Waals surface area contributed by atoms with Gasteiger partial charge in [-0.1, -0.05) is 42.1 Å². The van der Waals surface area contributed by atoms with Gasteiger partial charge >= 0.3 is 5.97 Å². The van der Waals surface area contributed by atoms with Crippen LogP contribution in [0.3, 0.4) is 0 Å². The molecule has 0 N–H and O–H groups in total. The van der Waals surface area contributed by atoms with Gasteiger partial charge in [-0.05, 0) is 12.7 Å². The van der Waals surface area contributed by atoms with Crippen molar-refractivity contribution in [1.82, 2.24) is 0 Å². The van der Waals surface area contributed by atoms with Crippen LogP contribution in [0.1, 0.15) is 18.4 Å². The van der Waals surface area contributed by atoms with Crippen LogP contribution >= 0.6 is 11.8 Å². The molecule has 0 bridgehead atoms. The highest BCUT2D eigenvalue weighted by Crippen LogP contribution is 2.21. The monoisotopic (exact) mass is 278 g/mol. The Kier molecular flexibility index (Phi) is 5.02. The zero-order valence-electron chi connectivity index (χ0n) is 11.5. The normalized spacial score (nSPS) is 19.4. The quantitative estimate of drug-likeness (QED) is 0.628. The molecule has 0 radical (unpaired) electrons. The van der Waals surface area contributed by atoms with E-state index >= 15 is 0 Å². The minimum absolute atomic E-state index is 0.00427. The molecular formula is C15H20NO2S+. The lowest BCUT2D eigenvalue weighted by Crippen LogP contribution is -2.35. The number of carbonyl (C=O) groups is 1. The summed E-state index contributed by atoms with van der Waals surface area (Å²) in [6.45, 7) is 1.63. The summed E-state index contributed by atoms with van der Waals surface area (Å²) in [7, 11) is 1.47. The van der Waals surface area contributed by atoms with Gasteiger partial charge in [0.1, 0.15) is 5.92 Å². The Labute approximate surface area is 118 Å². The Morgan fingerprint density at radius 1 is 1.42 bits per heavy atom. The summed E-state index contributed by atoms with van der Waals surface area (Å²) in [5.41, 5.74) is 1.28. The maximum Gasteiger partial charge on any atom is 0.315 e. The lowest BCUT2D eigenvalue weighted by molar-refractivity contribution is -0.551. The average molecular weight is 278 g/mol. The van der Waals surface area contributed by atoms with Crippen molar-refractivity contribution in [3.63, 3.8) is 0 Å². The fourth-order valence-electron chi connectivity index (χ4n) is 2.46. The van der Waals surface area contributed by atoms with Crippen molar-refractivity contribution in [1.29, 1.82) is 0 Å². The number of hydrogen-bond donors (Lipinski definition) is 0. The molecular weight excluding hydrogens is 258 g/mol. The van der Waals surface area contributed by atoms with E-state index in [-0.39, 0.29) is 11.9 Å². The molecule has 1 heterocycles. The van der Waals surface area contributed by atoms with E-state index < -0.39 is 0 Å². The van der Waals surface area contributed by atoms with E-state index in [1.54, 1.807) is 11.8 Å². The highest BCUT2D eigenvalue weighted by Gasteiger charge is 2.32. The summed E-state index contributed by atoms with van der Waals surface area (Å²) < 4.78 is 7.19. The van der Waals surface area contributed by atoms with E-state index in [4.69, 9.17) is 4.74 Å². The van der Waals surface area contributed by atoms with Crippen LogP contribution in [-0.2, 0) is 16.1 Å². The molecule has 0 saturated carbocycles. The Morgan fingerprint density at radius 2 is 2.16 bits per heavy atom. The zero-order valence-corrected chi connectivity index (χ0v) is 12.3. The van der Waals surface area contributed by atoms with E-state index in [0.717, 1.165) is 25.9 Å². The zero-order chi connectivity index (χ0) is 13.7. The van der Waals surface area contributed by atoms with E-state index in [1.165, 1.54) is 17.7 Å². The van der Waals surface area contributed by atoms with Crippen molar-refractivity contribution in [3.05, 3.63) is 35.9 Å². The van der Waals surface area contributed by atoms with Gasteiger partial charge in [-0.25, -0.2) is 4.58 Å². The Balaban J connectivity index is 2.14. The fourth-order valence-corrected chi connectivity index (χ4v) is 3.18. The Morgan fingerprint density at radius 3 is 2.79 bits per heavy atom. The summed E-state index contributed by atoms with van der Waals surface area (Å²) in [5.74, 6) is -0.0807. The van der Waals surface area contributed by atoms with Gasteiger partial charge in [0.15, 0.2) is 13.1 Å². The predicted molar refractivity (Wildman–Crippen MR) is 78.5 cm³/mol. The van der Waals surface area contributed by atoms with Crippen molar-refractivity contribution in [3.8, 4) is 0 Å². The van der Waals surface area contributed by atoms with Crippen molar-refractivity contribution in [2.45, 2.75) is 19.4 Å². The third-order valence-corrected chi connectivity index (χ3v) is 4.42. The van der Waals surface area contributed by atoms with Crippen molar-refractivity contribution < 1.29 is 14.1 Å². The molecule has 0 fully saturated rings. The van der Waals surface area contributed by atoms with Crippen molar-refractivity contribution in [2.75, 3.05) is 19.9 Å². The summed E-state index contributed by atoms with van der Waals surface area (Å²) >= 11 is 1.78. The highest BCUT2D eigenvalue weighted by atomic mass is 32.2. The minimum atomic E-state index is -0.0850. The molecule has 3 nitrogen and oxygen atoms in total. The van der Waals surface area contributed by atoms with Gasteiger partial charge in [-0.15, -0.1) is 0 Å². The van der Waals surface area contributed by atoms with Crippen LogP contribution in [0.25, 0.3) is 0 Å². The van der Waals surface area contributed by atoms with E-state index in [0.29, 0.717) is 0 Å². The molecule has 1 unspecified atom stereocenters. The predicted octanol–water partition coefficient (Wildman–Crippen LogP) is 2.54. The molecule has 1 atom stereocenters. The second-order valence-corrected chi connectivity index (χ2v) is 5.60. The topological polar surface area (TPSA) is 29.3 Å². The second-order valence-electron chi connectivity index (χ2n) is 4.72. The molecule has 0 aliphatic carbocycles. The standard InChI is InChI=1S/C15H20NO2S/c1-18-15(17)13-8-9-14(19-2)16(11-13)10-12-6-4-3-5-7-12/h3-7,13H,8-11H2,1-2H3/q+1. The maximum atomic E-state index is 11.7. The largest absolute Gasteiger partial charge is 0.469 e. The molecule has 1 aliphatic rings. The molecule has 1 aromatic carbocycles. The maximum absolute atomic E-state index is 11.7. The van der Waals surface area contributed by atoms with Gasteiger partial charge in [0, 0.05) is 12.0 Å². The number of carbonyl (C=O) groups excluding carboxylic acids is 1. The van der Waals surface area contributed by atoms with Gasteiger partial charge in [0.05, 0.1) is 7.11 Å². The molecule has 19 heavy (non-hydrogen) atoms. The smallest absolute Gasteiger partial charge is 0.315 e. The van der Waals surface area contributed by atoms with Gasteiger partial charge in [0.2, 0.25) is 5.04 Å². The fraction of sp³-hybridized carbons (Fsp3) is 0.467. The summed E-state index contributed by atoms with van der Waals surface area (Å²) in [5, 5.41) is 1.36. The number of methoxy groups -OCH3 is 1. The first kappa shape index (κ1) is 14.1. The minimum Gasteiger partial charge on any atom is -0.469 e. The summed E-state index contributed by atoms with van der Waals surface area (Å²) in [4.78, 5) is 11.7. The summed E-state index contributed by atoms with van der Waals surface area (Å²) in [6.07, 6.45) is 3.97. The van der Waals surface area contributed by atoms with Gasteiger partial charge in [-0.2, -0.15) is 0 Å². The molecule has 1 aliphatic heterocycles. The SMILES string of the molecule is COC(=O)C1CCC(SC)=[N+](Cc2ccccc2)C1. The number of rotatable bonds is 3. The molecule has 0 saturated heterocycles. The lowest BCUT2D eigenvalue weighted by atomic mass is 10.00. The molecule has 0 amide bonds. The highest BCUT2D eigenvalue weighted by molar-refractivity contribution is 8.13. The molecule has 0 spiro atoms. The lowest BCUT2D eigenvalue weighted by Gasteiger charge is -2.20. The average Bonchev–Trinajstić information content (AvgIpc) is 2.47. The number of ether oxygens (including phenoxy) is 1. The number of hydrogen-bond acceptors (Lipinski definition) is 3. The molecule has 2 rings (SSSR count). The van der Waals surface area contributed by atoms with Crippen LogP contribution in [0.4, 0.5) is 0 Å². The van der Waals surface area contributed by atoms with Crippen molar-refractivity contribution in [2.24, 2.45) is 5.92 Å². The Hall–Kier alpha value is -1.29. The summed E-state index contributed by atoms with van der Waals surface area (Å²) in [6, 6.07) is 10.4.